The highest BCUT2D eigenvalue weighted by atomic mass is 16.6. The molecule has 23 heavy (non-hydrogen) atoms. The Hall–Kier alpha value is -2.13. The highest BCUT2D eigenvalue weighted by Gasteiger charge is 2.38. The molecule has 1 fully saturated rings. The Morgan fingerprint density at radius 3 is 2.43 bits per heavy atom. The maximum absolute atomic E-state index is 12.8. The van der Waals surface area contributed by atoms with Crippen LogP contribution in [0.3, 0.4) is 0 Å². The third kappa shape index (κ3) is 3.30. The molecule has 3 rings (SSSR count). The molecule has 0 atom stereocenters. The number of hydrogen-bond donors (Lipinski definition) is 1. The van der Waals surface area contributed by atoms with Gasteiger partial charge in [-0.2, -0.15) is 0 Å². The van der Waals surface area contributed by atoms with Gasteiger partial charge in [0.2, 0.25) is 0 Å². The molecule has 0 unspecified atom stereocenters. The van der Waals surface area contributed by atoms with Crippen LogP contribution in [0.5, 0.6) is 0 Å². The van der Waals surface area contributed by atoms with E-state index in [0.29, 0.717) is 5.56 Å². The van der Waals surface area contributed by atoms with E-state index in [-0.39, 0.29) is 5.97 Å². The van der Waals surface area contributed by atoms with Crippen molar-refractivity contribution in [3.63, 3.8) is 0 Å². The average molecular weight is 309 g/mol. The van der Waals surface area contributed by atoms with E-state index in [1.165, 1.54) is 0 Å². The number of carbonyl (C=O) groups excluding carboxylic acids is 1. The molecule has 2 aromatic rings. The van der Waals surface area contributed by atoms with Gasteiger partial charge >= 0.3 is 5.97 Å². The quantitative estimate of drug-likeness (QED) is 0.878. The third-order valence-corrected chi connectivity index (χ3v) is 4.61. The zero-order valence-corrected chi connectivity index (χ0v) is 13.8. The van der Waals surface area contributed by atoms with Gasteiger partial charge < -0.3 is 10.1 Å². The summed E-state index contributed by atoms with van der Waals surface area (Å²) in [5.41, 5.74) is 3.25. The second-order valence-corrected chi connectivity index (χ2v) is 6.32. The zero-order chi connectivity index (χ0) is 16.3. The lowest BCUT2D eigenvalue weighted by Gasteiger charge is -2.37. The van der Waals surface area contributed by atoms with E-state index in [1.807, 2.05) is 50.2 Å². The molecule has 1 saturated heterocycles. The van der Waals surface area contributed by atoms with E-state index in [4.69, 9.17) is 4.74 Å². The van der Waals surface area contributed by atoms with Crippen molar-refractivity contribution in [1.29, 1.82) is 0 Å². The molecular weight excluding hydrogens is 286 g/mol. The zero-order valence-electron chi connectivity index (χ0n) is 13.8. The van der Waals surface area contributed by atoms with E-state index in [2.05, 4.69) is 17.4 Å². The van der Waals surface area contributed by atoms with Gasteiger partial charge in [0.15, 0.2) is 0 Å². The Kier molecular flexibility index (Phi) is 4.49. The van der Waals surface area contributed by atoms with Crippen molar-refractivity contribution in [1.82, 2.24) is 5.32 Å². The molecule has 0 aliphatic carbocycles. The van der Waals surface area contributed by atoms with Gasteiger partial charge in [0, 0.05) is 12.8 Å². The Bertz CT molecular complexity index is 688. The summed E-state index contributed by atoms with van der Waals surface area (Å²) in [6.45, 7) is 5.66. The molecule has 1 N–H and O–H groups in total. The van der Waals surface area contributed by atoms with Crippen LogP contribution in [0.15, 0.2) is 48.5 Å². The molecule has 1 heterocycles. The molecule has 120 valence electrons. The predicted molar refractivity (Wildman–Crippen MR) is 91.6 cm³/mol. The van der Waals surface area contributed by atoms with Crippen molar-refractivity contribution in [2.75, 3.05) is 13.1 Å². The molecule has 0 bridgehead atoms. The number of ether oxygens (including phenoxy) is 1. The standard InChI is InChI=1S/C20H23NO2/c1-15-8-9-16(2)18(14-15)19(22)23-20(10-12-21-13-11-20)17-6-4-3-5-7-17/h3-9,14,21H,10-13H2,1-2H3. The van der Waals surface area contributed by atoms with E-state index in [9.17, 15) is 4.79 Å². The molecule has 0 spiro atoms. The summed E-state index contributed by atoms with van der Waals surface area (Å²) < 4.78 is 6.11. The lowest BCUT2D eigenvalue weighted by atomic mass is 9.84. The summed E-state index contributed by atoms with van der Waals surface area (Å²) in [6, 6.07) is 16.0. The number of piperidine rings is 1. The van der Waals surface area contributed by atoms with Crippen molar-refractivity contribution < 1.29 is 9.53 Å². The summed E-state index contributed by atoms with van der Waals surface area (Å²) in [7, 11) is 0. The molecule has 0 radical (unpaired) electrons. The number of aryl methyl sites for hydroxylation is 2. The Morgan fingerprint density at radius 2 is 1.74 bits per heavy atom. The van der Waals surface area contributed by atoms with Crippen LogP contribution >= 0.6 is 0 Å². The van der Waals surface area contributed by atoms with E-state index in [0.717, 1.165) is 42.6 Å². The highest BCUT2D eigenvalue weighted by Crippen LogP contribution is 2.35. The van der Waals surface area contributed by atoms with Crippen molar-refractivity contribution in [3.8, 4) is 0 Å². The maximum Gasteiger partial charge on any atom is 0.339 e. The van der Waals surface area contributed by atoms with E-state index in [1.54, 1.807) is 0 Å². The van der Waals surface area contributed by atoms with E-state index >= 15 is 0 Å². The SMILES string of the molecule is Cc1ccc(C)c(C(=O)OC2(c3ccccc3)CCNCC2)c1. The maximum atomic E-state index is 12.8. The molecule has 0 saturated carbocycles. The summed E-state index contributed by atoms with van der Waals surface area (Å²) in [6.07, 6.45) is 1.60. The highest BCUT2D eigenvalue weighted by molar-refractivity contribution is 5.91. The van der Waals surface area contributed by atoms with Crippen LogP contribution in [0.4, 0.5) is 0 Å². The summed E-state index contributed by atoms with van der Waals surface area (Å²) in [4.78, 5) is 12.8. The van der Waals surface area contributed by atoms with Crippen LogP contribution < -0.4 is 5.32 Å². The van der Waals surface area contributed by atoms with Crippen LogP contribution in [-0.2, 0) is 10.3 Å². The first kappa shape index (κ1) is 15.8. The number of esters is 1. The fourth-order valence-corrected chi connectivity index (χ4v) is 3.21. The number of benzene rings is 2. The molecule has 2 aromatic carbocycles. The van der Waals surface area contributed by atoms with Gasteiger partial charge in [0.05, 0.1) is 5.56 Å². The predicted octanol–water partition coefficient (Wildman–Crippen LogP) is 3.74. The Balaban J connectivity index is 1.93. The van der Waals surface area contributed by atoms with Crippen LogP contribution in [0.2, 0.25) is 0 Å². The third-order valence-electron chi connectivity index (χ3n) is 4.61. The number of rotatable bonds is 3. The number of carbonyl (C=O) groups is 1. The normalized spacial score (nSPS) is 16.8. The molecule has 1 aliphatic rings. The summed E-state index contributed by atoms with van der Waals surface area (Å²) >= 11 is 0. The van der Waals surface area contributed by atoms with Crippen LogP contribution in [0, 0.1) is 13.8 Å². The average Bonchev–Trinajstić information content (AvgIpc) is 2.58. The largest absolute Gasteiger partial charge is 0.450 e. The Labute approximate surface area is 137 Å². The van der Waals surface area contributed by atoms with Gasteiger partial charge in [-0.15, -0.1) is 0 Å². The fourth-order valence-electron chi connectivity index (χ4n) is 3.21. The van der Waals surface area contributed by atoms with Gasteiger partial charge in [-0.3, -0.25) is 0 Å². The minimum atomic E-state index is -0.528. The minimum Gasteiger partial charge on any atom is -0.450 e. The smallest absolute Gasteiger partial charge is 0.339 e. The van der Waals surface area contributed by atoms with Gasteiger partial charge in [0.1, 0.15) is 5.60 Å². The monoisotopic (exact) mass is 309 g/mol. The lowest BCUT2D eigenvalue weighted by Crippen LogP contribution is -2.43. The van der Waals surface area contributed by atoms with Crippen molar-refractivity contribution in [3.05, 3.63) is 70.8 Å². The van der Waals surface area contributed by atoms with Crippen molar-refractivity contribution in [2.24, 2.45) is 0 Å². The van der Waals surface area contributed by atoms with Gasteiger partial charge in [-0.25, -0.2) is 4.79 Å². The minimum absolute atomic E-state index is 0.225. The summed E-state index contributed by atoms with van der Waals surface area (Å²) in [5, 5.41) is 3.35. The number of hydrogen-bond acceptors (Lipinski definition) is 3. The van der Waals surface area contributed by atoms with Crippen LogP contribution in [-0.4, -0.2) is 19.1 Å². The van der Waals surface area contributed by atoms with Crippen LogP contribution in [0.1, 0.15) is 39.9 Å². The molecule has 3 heteroatoms. The molecule has 3 nitrogen and oxygen atoms in total. The molecule has 0 amide bonds. The first-order valence-electron chi connectivity index (χ1n) is 8.18. The fraction of sp³-hybridized carbons (Fsp3) is 0.350. The lowest BCUT2D eigenvalue weighted by molar-refractivity contribution is -0.0379. The molecule has 0 aromatic heterocycles. The Morgan fingerprint density at radius 1 is 1.04 bits per heavy atom. The number of nitrogens with one attached hydrogen (secondary N) is 1. The topological polar surface area (TPSA) is 38.3 Å². The molecule has 1 aliphatic heterocycles. The van der Waals surface area contributed by atoms with E-state index < -0.39 is 5.60 Å². The summed E-state index contributed by atoms with van der Waals surface area (Å²) in [5.74, 6) is -0.225. The second-order valence-electron chi connectivity index (χ2n) is 6.32. The second kappa shape index (κ2) is 6.55. The van der Waals surface area contributed by atoms with Crippen molar-refractivity contribution in [2.45, 2.75) is 32.3 Å². The molecular formula is C20H23NO2. The van der Waals surface area contributed by atoms with Gasteiger partial charge in [0.25, 0.3) is 0 Å². The first-order valence-corrected chi connectivity index (χ1v) is 8.18. The van der Waals surface area contributed by atoms with Crippen LogP contribution in [0.25, 0.3) is 0 Å². The van der Waals surface area contributed by atoms with Gasteiger partial charge in [-0.1, -0.05) is 48.0 Å². The van der Waals surface area contributed by atoms with Gasteiger partial charge in [-0.05, 0) is 44.1 Å². The first-order chi connectivity index (χ1) is 11.1. The van der Waals surface area contributed by atoms with Crippen molar-refractivity contribution >= 4 is 5.97 Å².